The Morgan fingerprint density at radius 2 is 0.606 bits per heavy atom. The van der Waals surface area contributed by atoms with Gasteiger partial charge in [-0.2, -0.15) is 0 Å². The lowest BCUT2D eigenvalue weighted by Crippen LogP contribution is -2.48. The quantitative estimate of drug-likeness (QED) is 0.0314. The zero-order chi connectivity index (χ0) is 65.4. The molecule has 4 fully saturated rings. The minimum Gasteiger partial charge on any atom is -0.490 e. The third kappa shape index (κ3) is 18.9. The highest BCUT2D eigenvalue weighted by molar-refractivity contribution is 5.98. The standard InChI is InChI=1S/C16H24N4O2.C15H22N4O.C15H21N3O.C14H19N3O2.C10H12N2O2/c17-14-1-2-15(16-13(14)3-4-18-16)22-12-10-20-7-5-19(6-8-20)9-11-21;1-18-6-8-19(9-7-18)10-11-20-14-3-2-13(16)12-4-5-17-15(12)14;16-13-4-5-14(15-12(13)6-7-17-15)19-11-10-18-8-2-1-3-9-18;15-12-1-2-13(14-11(12)3-4-16-14)19-10-7-17-5-8-18-9-6-17;11-8-1-2-9(14-6-5-13)10-7(8)3-4-12-10/h1-4,18,21H,5-12,17H2;2-5,17H,6-11,16H2,1H3;4-7,17H,1-3,8-11,16H2;1-4,16H,5-10,15H2;1-4,12-13H,5-6,11H2. The van der Waals surface area contributed by atoms with Gasteiger partial charge in [0.2, 0.25) is 0 Å². The van der Waals surface area contributed by atoms with Gasteiger partial charge >= 0.3 is 0 Å². The van der Waals surface area contributed by atoms with Gasteiger partial charge in [0.05, 0.1) is 54.0 Å². The molecule has 506 valence electrons. The topological polar surface area (TPSA) is 324 Å². The summed E-state index contributed by atoms with van der Waals surface area (Å²) in [6.45, 7) is 22.6. The molecule has 24 heteroatoms. The number of piperazine rings is 2. The molecule has 0 aliphatic carbocycles. The summed E-state index contributed by atoms with van der Waals surface area (Å²) in [7, 11) is 2.17. The number of rotatable bonds is 21. The second-order valence-corrected chi connectivity index (χ2v) is 24.0. The van der Waals surface area contributed by atoms with Crippen LogP contribution in [0.3, 0.4) is 0 Å². The first kappa shape index (κ1) is 68.3. The summed E-state index contributed by atoms with van der Waals surface area (Å²) < 4.78 is 34.3. The molecule has 4 saturated heterocycles. The maximum atomic E-state index is 8.95. The lowest BCUT2D eigenvalue weighted by Gasteiger charge is -2.34. The van der Waals surface area contributed by atoms with Gasteiger partial charge in [-0.1, -0.05) is 6.42 Å². The molecule has 0 amide bonds. The van der Waals surface area contributed by atoms with Crippen molar-refractivity contribution in [3.8, 4) is 28.7 Å². The Morgan fingerprint density at radius 3 is 0.915 bits per heavy atom. The summed E-state index contributed by atoms with van der Waals surface area (Å²) in [4.78, 5) is 30.1. The minimum atomic E-state index is 0.00653. The Balaban J connectivity index is 0.000000129. The second-order valence-electron chi connectivity index (χ2n) is 24.0. The van der Waals surface area contributed by atoms with E-state index in [1.807, 2.05) is 110 Å². The largest absolute Gasteiger partial charge is 0.490 e. The number of aromatic nitrogens is 5. The maximum absolute atomic E-state index is 8.95. The highest BCUT2D eigenvalue weighted by Gasteiger charge is 2.19. The number of benzene rings is 5. The summed E-state index contributed by atoms with van der Waals surface area (Å²) in [6, 6.07) is 28.7. The number of nitrogens with zero attached hydrogens (tertiary/aromatic N) is 6. The number of morpholine rings is 1. The van der Waals surface area contributed by atoms with E-state index in [2.05, 4.69) is 61.4 Å². The van der Waals surface area contributed by atoms with Gasteiger partial charge in [-0.05, 0) is 124 Å². The number of piperidine rings is 1. The van der Waals surface area contributed by atoms with Crippen LogP contribution in [-0.4, -0.2) is 242 Å². The van der Waals surface area contributed by atoms with Crippen LogP contribution in [0.5, 0.6) is 28.7 Å². The number of nitrogen functional groups attached to an aromatic ring is 5. The predicted molar refractivity (Wildman–Crippen MR) is 380 cm³/mol. The highest BCUT2D eigenvalue weighted by Crippen LogP contribution is 2.33. The molecule has 4 aliphatic rings. The first-order valence-corrected chi connectivity index (χ1v) is 33.0. The van der Waals surface area contributed by atoms with E-state index in [1.165, 1.54) is 32.4 Å². The number of fused-ring (bicyclic) bond motifs is 5. The molecule has 5 aromatic carbocycles. The third-order valence-corrected chi connectivity index (χ3v) is 17.6. The molecule has 24 nitrogen and oxygen atoms in total. The van der Waals surface area contributed by atoms with Gasteiger partial charge in [0.1, 0.15) is 61.8 Å². The second kappa shape index (κ2) is 35.1. The van der Waals surface area contributed by atoms with Crippen LogP contribution < -0.4 is 52.4 Å². The Morgan fingerprint density at radius 1 is 0.330 bits per heavy atom. The molecular weight excluding hydrogens is 1190 g/mol. The number of likely N-dealkylation sites (N-methyl/N-ethyl adjacent to an activating group) is 1. The number of β-amino-alcohol motifs (C(OH)–C–C–N with tert-alkyl or cyclic N) is 1. The van der Waals surface area contributed by atoms with Gasteiger partial charge in [-0.15, -0.1) is 0 Å². The van der Waals surface area contributed by atoms with Crippen LogP contribution in [0.1, 0.15) is 19.3 Å². The molecule has 94 heavy (non-hydrogen) atoms. The number of ether oxygens (including phenoxy) is 6. The zero-order valence-corrected chi connectivity index (χ0v) is 54.5. The van der Waals surface area contributed by atoms with E-state index in [0.29, 0.717) is 25.6 Å². The lowest BCUT2D eigenvalue weighted by atomic mass is 10.1. The van der Waals surface area contributed by atoms with Crippen LogP contribution in [0.2, 0.25) is 0 Å². The van der Waals surface area contributed by atoms with Crippen molar-refractivity contribution in [3.05, 3.63) is 122 Å². The smallest absolute Gasteiger partial charge is 0.143 e. The number of aliphatic hydroxyl groups excluding tert-OH is 2. The van der Waals surface area contributed by atoms with Crippen molar-refractivity contribution < 1.29 is 38.6 Å². The summed E-state index contributed by atoms with van der Waals surface area (Å²) in [5.74, 6) is 4.21. The number of aliphatic hydroxyl groups is 2. The van der Waals surface area contributed by atoms with Crippen molar-refractivity contribution in [2.24, 2.45) is 0 Å². The van der Waals surface area contributed by atoms with Crippen molar-refractivity contribution in [2.45, 2.75) is 19.3 Å². The number of hydrogen-bond acceptors (Lipinski definition) is 19. The number of likely N-dealkylation sites (tertiary alicyclic amines) is 1. The monoisotopic (exact) mass is 1290 g/mol. The van der Waals surface area contributed by atoms with Crippen LogP contribution >= 0.6 is 0 Å². The van der Waals surface area contributed by atoms with Crippen LogP contribution in [0.4, 0.5) is 28.4 Å². The van der Waals surface area contributed by atoms with Crippen LogP contribution in [0, 0.1) is 0 Å². The molecule has 9 heterocycles. The molecular formula is C70H98N16O8. The first-order valence-electron chi connectivity index (χ1n) is 33.0. The number of H-pyrrole nitrogens is 5. The van der Waals surface area contributed by atoms with Crippen LogP contribution in [-0.2, 0) is 4.74 Å². The van der Waals surface area contributed by atoms with Crippen molar-refractivity contribution in [1.29, 1.82) is 0 Å². The summed E-state index contributed by atoms with van der Waals surface area (Å²) in [5, 5.41) is 22.6. The number of aromatic amines is 5. The molecule has 17 N–H and O–H groups in total. The maximum Gasteiger partial charge on any atom is 0.143 e. The van der Waals surface area contributed by atoms with Gasteiger partial charge in [0.25, 0.3) is 0 Å². The summed E-state index contributed by atoms with van der Waals surface area (Å²) in [5.41, 5.74) is 38.1. The van der Waals surface area contributed by atoms with Crippen LogP contribution in [0.15, 0.2) is 122 Å². The fourth-order valence-corrected chi connectivity index (χ4v) is 12.1. The molecule has 5 aromatic heterocycles. The van der Waals surface area contributed by atoms with E-state index in [4.69, 9.17) is 67.3 Å². The fraction of sp³-hybridized carbons (Fsp3) is 0.429. The number of anilines is 5. The zero-order valence-electron chi connectivity index (χ0n) is 54.5. The molecule has 0 saturated carbocycles. The Labute approximate surface area is 550 Å². The summed E-state index contributed by atoms with van der Waals surface area (Å²) in [6.07, 6.45) is 13.4. The lowest BCUT2D eigenvalue weighted by molar-refractivity contribution is 0.0323. The molecule has 0 unspecified atom stereocenters. The van der Waals surface area contributed by atoms with E-state index in [1.54, 1.807) is 12.1 Å². The van der Waals surface area contributed by atoms with Gasteiger partial charge < -0.3 is 97.1 Å². The summed E-state index contributed by atoms with van der Waals surface area (Å²) >= 11 is 0. The van der Waals surface area contributed by atoms with Crippen LogP contribution in [0.25, 0.3) is 54.5 Å². The third-order valence-electron chi connectivity index (χ3n) is 17.6. The first-order chi connectivity index (χ1) is 46.0. The number of hydrogen-bond donors (Lipinski definition) is 12. The average Bonchev–Trinajstić information content (AvgIpc) is 1.77. The van der Waals surface area contributed by atoms with Gasteiger partial charge in [-0.3, -0.25) is 24.5 Å². The van der Waals surface area contributed by atoms with E-state index in [0.717, 1.165) is 224 Å². The van der Waals surface area contributed by atoms with Gasteiger partial charge in [0.15, 0.2) is 0 Å². The van der Waals surface area contributed by atoms with Crippen molar-refractivity contribution in [3.63, 3.8) is 0 Å². The minimum absolute atomic E-state index is 0.00653. The van der Waals surface area contributed by atoms with E-state index in [9.17, 15) is 0 Å². The molecule has 0 atom stereocenters. The Hall–Kier alpha value is -8.56. The van der Waals surface area contributed by atoms with Crippen molar-refractivity contribution >= 4 is 83.0 Å². The van der Waals surface area contributed by atoms with Crippen molar-refractivity contribution in [1.82, 2.24) is 54.3 Å². The van der Waals surface area contributed by atoms with Gasteiger partial charge in [-0.25, -0.2) is 0 Å². The molecule has 0 bridgehead atoms. The molecule has 10 aromatic rings. The highest BCUT2D eigenvalue weighted by atomic mass is 16.5. The molecule has 14 rings (SSSR count). The van der Waals surface area contributed by atoms with Gasteiger partial charge in [0, 0.05) is 185 Å². The Bertz CT molecular complexity index is 3750. The fourth-order valence-electron chi connectivity index (χ4n) is 12.1. The SMILES string of the molecule is CN1CCN(CCOc2ccc(N)c3cc[nH]c23)CC1.Nc1ccc(OCCN2CCCCC2)c2[nH]ccc12.Nc1ccc(OCCN2CCN(CCO)CC2)c2[nH]ccc12.Nc1ccc(OCCN2CCOCC2)c2[nH]ccc12.Nc1ccc(OCCO)c2[nH]ccc12. The van der Waals surface area contributed by atoms with E-state index < -0.39 is 0 Å². The average molecular weight is 1290 g/mol. The molecule has 4 aliphatic heterocycles. The number of nitrogens with one attached hydrogen (secondary N) is 5. The molecule has 0 spiro atoms. The van der Waals surface area contributed by atoms with E-state index >= 15 is 0 Å². The predicted octanol–water partition coefficient (Wildman–Crippen LogP) is 7.31. The Kier molecular flexibility index (Phi) is 25.5. The molecule has 0 radical (unpaired) electrons. The normalized spacial score (nSPS) is 16.2. The number of nitrogens with two attached hydrogens (primary N) is 5. The van der Waals surface area contributed by atoms with E-state index in [-0.39, 0.29) is 19.8 Å². The van der Waals surface area contributed by atoms with Crippen molar-refractivity contribution in [2.75, 3.05) is 206 Å².